The van der Waals surface area contributed by atoms with Crippen LogP contribution >= 0.6 is 15.9 Å². The number of rotatable bonds is 4. The van der Waals surface area contributed by atoms with Crippen LogP contribution in [0, 0.1) is 11.3 Å². The Kier molecular flexibility index (Phi) is 4.69. The number of hydrogen-bond acceptors (Lipinski definition) is 2. The predicted octanol–water partition coefficient (Wildman–Crippen LogP) is 5.80. The van der Waals surface area contributed by atoms with Crippen molar-refractivity contribution < 1.29 is 4.74 Å². The van der Waals surface area contributed by atoms with Crippen LogP contribution in [0.5, 0.6) is 11.5 Å². The summed E-state index contributed by atoms with van der Waals surface area (Å²) in [5.41, 5.74) is 2.08. The third-order valence-electron chi connectivity index (χ3n) is 3.82. The molecule has 0 saturated heterocycles. The van der Waals surface area contributed by atoms with Crippen LogP contribution in [0.3, 0.4) is 0 Å². The molecule has 2 aromatic carbocycles. The zero-order valence-electron chi connectivity index (χ0n) is 12.5. The largest absolute Gasteiger partial charge is 0.457 e. The fraction of sp³-hybridized carbons (Fsp3) is 0.278. The van der Waals surface area contributed by atoms with Crippen LogP contribution < -0.4 is 4.74 Å². The first-order valence-electron chi connectivity index (χ1n) is 6.94. The first kappa shape index (κ1) is 15.6. The highest BCUT2D eigenvalue weighted by Crippen LogP contribution is 2.30. The molecule has 0 aliphatic carbocycles. The second kappa shape index (κ2) is 6.32. The Bertz CT molecular complexity index is 669. The topological polar surface area (TPSA) is 33.0 Å². The van der Waals surface area contributed by atoms with E-state index in [0.29, 0.717) is 11.3 Å². The van der Waals surface area contributed by atoms with Gasteiger partial charge in [-0.3, -0.25) is 0 Å². The molecule has 0 aromatic heterocycles. The summed E-state index contributed by atoms with van der Waals surface area (Å²) in [7, 11) is 0. The van der Waals surface area contributed by atoms with E-state index in [1.807, 2.05) is 18.2 Å². The van der Waals surface area contributed by atoms with E-state index in [0.717, 1.165) is 16.6 Å². The Morgan fingerprint density at radius 3 is 2.24 bits per heavy atom. The van der Waals surface area contributed by atoms with E-state index in [1.165, 1.54) is 5.56 Å². The highest BCUT2D eigenvalue weighted by atomic mass is 79.9. The highest BCUT2D eigenvalue weighted by molar-refractivity contribution is 9.10. The van der Waals surface area contributed by atoms with Gasteiger partial charge in [0.25, 0.3) is 0 Å². The SMILES string of the molecule is CCC(C)(C)c1ccc(Oc2ccc(C#N)c(Br)c2)cc1. The lowest BCUT2D eigenvalue weighted by Crippen LogP contribution is -2.14. The molecule has 0 bridgehead atoms. The standard InChI is InChI=1S/C18H18BrNO/c1-4-18(2,3)14-6-9-15(10-7-14)21-16-8-5-13(12-20)17(19)11-16/h5-11H,4H2,1-3H3. The molecule has 21 heavy (non-hydrogen) atoms. The number of nitriles is 1. The molecule has 0 N–H and O–H groups in total. The minimum absolute atomic E-state index is 0.177. The Balaban J connectivity index is 2.18. The van der Waals surface area contributed by atoms with Crippen molar-refractivity contribution in [2.75, 3.05) is 0 Å². The van der Waals surface area contributed by atoms with E-state index >= 15 is 0 Å². The van der Waals surface area contributed by atoms with Crippen molar-refractivity contribution in [1.82, 2.24) is 0 Å². The summed E-state index contributed by atoms with van der Waals surface area (Å²) in [6, 6.07) is 15.7. The smallest absolute Gasteiger partial charge is 0.128 e. The fourth-order valence-electron chi connectivity index (χ4n) is 1.96. The van der Waals surface area contributed by atoms with Gasteiger partial charge < -0.3 is 4.74 Å². The number of halogens is 1. The Morgan fingerprint density at radius 1 is 1.10 bits per heavy atom. The van der Waals surface area contributed by atoms with Gasteiger partial charge in [0.15, 0.2) is 0 Å². The molecule has 0 unspecified atom stereocenters. The van der Waals surface area contributed by atoms with Gasteiger partial charge >= 0.3 is 0 Å². The fourth-order valence-corrected chi connectivity index (χ4v) is 2.41. The molecule has 0 amide bonds. The lowest BCUT2D eigenvalue weighted by Gasteiger charge is -2.23. The van der Waals surface area contributed by atoms with Crippen LogP contribution in [0.15, 0.2) is 46.9 Å². The molecular weight excluding hydrogens is 326 g/mol. The molecule has 0 fully saturated rings. The van der Waals surface area contributed by atoms with Gasteiger partial charge in [-0.25, -0.2) is 0 Å². The van der Waals surface area contributed by atoms with Crippen LogP contribution in [-0.2, 0) is 5.41 Å². The van der Waals surface area contributed by atoms with Gasteiger partial charge in [-0.15, -0.1) is 0 Å². The van der Waals surface area contributed by atoms with Gasteiger partial charge in [0, 0.05) is 4.47 Å². The Labute approximate surface area is 134 Å². The zero-order valence-corrected chi connectivity index (χ0v) is 14.1. The normalized spacial score (nSPS) is 11.0. The molecule has 0 saturated carbocycles. The van der Waals surface area contributed by atoms with Crippen LogP contribution in [-0.4, -0.2) is 0 Å². The number of ether oxygens (including phenoxy) is 1. The molecule has 2 aromatic rings. The molecule has 0 heterocycles. The average Bonchev–Trinajstić information content (AvgIpc) is 2.48. The first-order chi connectivity index (χ1) is 9.96. The summed E-state index contributed by atoms with van der Waals surface area (Å²) in [5.74, 6) is 1.51. The Hall–Kier alpha value is -1.79. The second-order valence-electron chi connectivity index (χ2n) is 5.62. The summed E-state index contributed by atoms with van der Waals surface area (Å²) in [6.07, 6.45) is 1.09. The number of hydrogen-bond donors (Lipinski definition) is 0. The van der Waals surface area contributed by atoms with Gasteiger partial charge in [-0.2, -0.15) is 5.26 Å². The van der Waals surface area contributed by atoms with Crippen LogP contribution in [0.2, 0.25) is 0 Å². The van der Waals surface area contributed by atoms with Gasteiger partial charge in [0.1, 0.15) is 17.6 Å². The Morgan fingerprint density at radius 2 is 1.71 bits per heavy atom. The maximum Gasteiger partial charge on any atom is 0.128 e. The van der Waals surface area contributed by atoms with Gasteiger partial charge in [0.05, 0.1) is 5.56 Å². The maximum absolute atomic E-state index is 8.91. The van der Waals surface area contributed by atoms with E-state index in [1.54, 1.807) is 12.1 Å². The van der Waals surface area contributed by atoms with Crippen molar-refractivity contribution in [2.24, 2.45) is 0 Å². The van der Waals surface area contributed by atoms with Crippen molar-refractivity contribution >= 4 is 15.9 Å². The first-order valence-corrected chi connectivity index (χ1v) is 7.73. The molecule has 2 nitrogen and oxygen atoms in total. The molecule has 3 heteroatoms. The monoisotopic (exact) mass is 343 g/mol. The van der Waals surface area contributed by atoms with Crippen molar-refractivity contribution in [1.29, 1.82) is 5.26 Å². The predicted molar refractivity (Wildman–Crippen MR) is 88.7 cm³/mol. The lowest BCUT2D eigenvalue weighted by atomic mass is 9.82. The molecule has 0 radical (unpaired) electrons. The average molecular weight is 344 g/mol. The quantitative estimate of drug-likeness (QED) is 0.702. The molecule has 2 rings (SSSR count). The van der Waals surface area contributed by atoms with Gasteiger partial charge in [0.2, 0.25) is 0 Å². The van der Waals surface area contributed by atoms with Gasteiger partial charge in [-0.05, 0) is 63.7 Å². The lowest BCUT2D eigenvalue weighted by molar-refractivity contribution is 0.478. The number of nitrogens with zero attached hydrogens (tertiary/aromatic N) is 1. The third-order valence-corrected chi connectivity index (χ3v) is 4.47. The van der Waals surface area contributed by atoms with Crippen LogP contribution in [0.1, 0.15) is 38.3 Å². The third kappa shape index (κ3) is 3.65. The van der Waals surface area contributed by atoms with E-state index < -0.39 is 0 Å². The zero-order chi connectivity index (χ0) is 15.5. The van der Waals surface area contributed by atoms with Crippen molar-refractivity contribution in [2.45, 2.75) is 32.6 Å². The summed E-state index contributed by atoms with van der Waals surface area (Å²) in [6.45, 7) is 6.67. The molecule has 0 atom stereocenters. The summed E-state index contributed by atoms with van der Waals surface area (Å²) in [4.78, 5) is 0. The molecule has 0 aliphatic heterocycles. The van der Waals surface area contributed by atoms with Crippen molar-refractivity contribution in [3.8, 4) is 17.6 Å². The summed E-state index contributed by atoms with van der Waals surface area (Å²) < 4.78 is 6.56. The van der Waals surface area contributed by atoms with E-state index in [-0.39, 0.29) is 5.41 Å². The van der Waals surface area contributed by atoms with E-state index in [4.69, 9.17) is 10.00 Å². The van der Waals surface area contributed by atoms with Crippen LogP contribution in [0.4, 0.5) is 0 Å². The molecule has 108 valence electrons. The van der Waals surface area contributed by atoms with Crippen molar-refractivity contribution in [3.63, 3.8) is 0 Å². The number of benzene rings is 2. The van der Waals surface area contributed by atoms with Crippen molar-refractivity contribution in [3.05, 3.63) is 58.1 Å². The summed E-state index contributed by atoms with van der Waals surface area (Å²) in [5, 5.41) is 8.91. The molecular formula is C18H18BrNO. The minimum Gasteiger partial charge on any atom is -0.457 e. The minimum atomic E-state index is 0.177. The van der Waals surface area contributed by atoms with Gasteiger partial charge in [-0.1, -0.05) is 32.9 Å². The van der Waals surface area contributed by atoms with Crippen LogP contribution in [0.25, 0.3) is 0 Å². The maximum atomic E-state index is 8.91. The molecule has 0 aliphatic rings. The molecule has 0 spiro atoms. The second-order valence-corrected chi connectivity index (χ2v) is 6.47. The summed E-state index contributed by atoms with van der Waals surface area (Å²) >= 11 is 3.37. The van der Waals surface area contributed by atoms with E-state index in [9.17, 15) is 0 Å². The highest BCUT2D eigenvalue weighted by Gasteiger charge is 2.17. The van der Waals surface area contributed by atoms with E-state index in [2.05, 4.69) is 54.9 Å².